The molecule has 1 spiro atoms. The van der Waals surface area contributed by atoms with Crippen LogP contribution in [0.3, 0.4) is 0 Å². The Morgan fingerprint density at radius 2 is 1.45 bits per heavy atom. The van der Waals surface area contributed by atoms with Gasteiger partial charge in [-0.2, -0.15) is 0 Å². The fraction of sp³-hybridized carbons (Fsp3) is 0.444. The predicted molar refractivity (Wildman–Crippen MR) is 189 cm³/mol. The number of benzene rings is 3. The number of carbonyl (C=O) groups is 2. The predicted octanol–water partition coefficient (Wildman–Crippen LogP) is 9.09. The Labute approximate surface area is 295 Å². The van der Waals surface area contributed by atoms with Gasteiger partial charge in [0, 0.05) is 78.3 Å². The molecule has 7 nitrogen and oxygen atoms in total. The molecule has 0 saturated heterocycles. The largest absolute Gasteiger partial charge is 0.456 e. The number of carbonyl (C=O) groups excluding carboxylic acids is 2. The Bertz CT molecular complexity index is 1840. The summed E-state index contributed by atoms with van der Waals surface area (Å²) in [7, 11) is 0. The van der Waals surface area contributed by atoms with E-state index in [4.69, 9.17) is 55.9 Å². The van der Waals surface area contributed by atoms with E-state index in [9.17, 15) is 9.59 Å². The highest BCUT2D eigenvalue weighted by atomic mass is 35.5. The molecule has 0 aromatic heterocycles. The van der Waals surface area contributed by atoms with Crippen molar-refractivity contribution in [3.8, 4) is 11.5 Å². The lowest BCUT2D eigenvalue weighted by Gasteiger charge is -2.41. The van der Waals surface area contributed by atoms with Crippen LogP contribution in [-0.2, 0) is 28.0 Å². The normalized spacial score (nSPS) is 19.4. The van der Waals surface area contributed by atoms with E-state index in [1.54, 1.807) is 0 Å². The molecule has 47 heavy (non-hydrogen) atoms. The average Bonchev–Trinajstić information content (AvgIpc) is 3.33. The van der Waals surface area contributed by atoms with Gasteiger partial charge in [-0.15, -0.1) is 0 Å². The van der Waals surface area contributed by atoms with Gasteiger partial charge in [0.15, 0.2) is 5.60 Å². The highest BCUT2D eigenvalue weighted by Gasteiger charge is 2.57. The maximum atomic E-state index is 13.8. The summed E-state index contributed by atoms with van der Waals surface area (Å²) < 4.78 is 13.3. The van der Waals surface area contributed by atoms with Crippen molar-refractivity contribution in [2.75, 3.05) is 36.0 Å². The van der Waals surface area contributed by atoms with Crippen LogP contribution in [-0.4, -0.2) is 43.6 Å². The van der Waals surface area contributed by atoms with Gasteiger partial charge in [-0.25, -0.2) is 4.79 Å². The lowest BCUT2D eigenvalue weighted by atomic mass is 9.75. The van der Waals surface area contributed by atoms with E-state index in [1.165, 1.54) is 0 Å². The van der Waals surface area contributed by atoms with Crippen LogP contribution < -0.4 is 19.9 Å². The van der Waals surface area contributed by atoms with Crippen LogP contribution in [0.2, 0.25) is 20.1 Å². The van der Waals surface area contributed by atoms with Crippen molar-refractivity contribution in [2.45, 2.75) is 77.4 Å². The fourth-order valence-corrected chi connectivity index (χ4v) is 8.67. The molecule has 7 rings (SSSR count). The van der Waals surface area contributed by atoms with E-state index in [2.05, 4.69) is 40.2 Å². The zero-order chi connectivity index (χ0) is 33.4. The van der Waals surface area contributed by atoms with Crippen molar-refractivity contribution in [1.29, 1.82) is 0 Å². The summed E-state index contributed by atoms with van der Waals surface area (Å²) in [6, 6.07) is 8.28. The van der Waals surface area contributed by atoms with E-state index in [1.807, 2.05) is 26.8 Å². The standard InChI is InChI=1S/C36H37Cl4N3O4/c1-5-42-12-6-9-19-15-21-25(17-23(19)42)46-26-18-24-20(10-7-13-43(24)14-8-11-27(44)41-35(2,3)4)16-22(26)36(21)29-28(34(45)47-36)30(37)32(39)33(40)31(29)38/h15-18H,5-14H2,1-4H3,(H,41,44). The summed E-state index contributed by atoms with van der Waals surface area (Å²) in [5.41, 5.74) is 4.53. The summed E-state index contributed by atoms with van der Waals surface area (Å²) in [6.45, 7) is 11.5. The van der Waals surface area contributed by atoms with E-state index in [-0.39, 0.29) is 37.1 Å². The van der Waals surface area contributed by atoms with Crippen LogP contribution in [0.4, 0.5) is 11.4 Å². The maximum Gasteiger partial charge on any atom is 0.341 e. The van der Waals surface area contributed by atoms with Crippen LogP contribution in [0.1, 0.15) is 91.6 Å². The van der Waals surface area contributed by atoms with Crippen LogP contribution in [0, 0.1) is 0 Å². The molecule has 248 valence electrons. The number of fused-ring (bicyclic) bond motifs is 8. The zero-order valence-corrected chi connectivity index (χ0v) is 29.9. The van der Waals surface area contributed by atoms with Gasteiger partial charge < -0.3 is 24.6 Å². The molecule has 0 bridgehead atoms. The molecule has 0 fully saturated rings. The van der Waals surface area contributed by atoms with Crippen molar-refractivity contribution in [2.24, 2.45) is 0 Å². The molecular weight excluding hydrogens is 680 g/mol. The molecule has 0 radical (unpaired) electrons. The van der Waals surface area contributed by atoms with Crippen LogP contribution in [0.25, 0.3) is 0 Å². The molecule has 3 aromatic carbocycles. The third-order valence-corrected chi connectivity index (χ3v) is 11.4. The third-order valence-electron chi connectivity index (χ3n) is 9.57. The van der Waals surface area contributed by atoms with Gasteiger partial charge in [0.2, 0.25) is 5.91 Å². The first-order valence-corrected chi connectivity index (χ1v) is 17.8. The van der Waals surface area contributed by atoms with Gasteiger partial charge in [0.1, 0.15) is 11.5 Å². The van der Waals surface area contributed by atoms with Gasteiger partial charge in [-0.3, -0.25) is 4.79 Å². The van der Waals surface area contributed by atoms with Gasteiger partial charge in [-0.1, -0.05) is 46.4 Å². The maximum absolute atomic E-state index is 13.8. The first-order chi connectivity index (χ1) is 22.3. The molecule has 1 unspecified atom stereocenters. The highest BCUT2D eigenvalue weighted by Crippen LogP contribution is 2.62. The zero-order valence-electron chi connectivity index (χ0n) is 26.9. The average molecular weight is 718 g/mol. The molecule has 1 atom stereocenters. The van der Waals surface area contributed by atoms with Crippen molar-refractivity contribution in [3.63, 3.8) is 0 Å². The SMILES string of the molecule is CCN1CCCc2cc3c(cc21)Oc1cc2c(cc1C31OC(=O)c3c(Cl)c(Cl)c(Cl)c(Cl)c31)CCCN2CCCC(=O)NC(C)(C)C. The first kappa shape index (κ1) is 32.7. The lowest BCUT2D eigenvalue weighted by molar-refractivity contribution is -0.122. The number of aryl methyl sites for hydroxylation is 2. The van der Waals surface area contributed by atoms with Gasteiger partial charge in [-0.05, 0) is 83.1 Å². The minimum absolute atomic E-state index is 0.0138. The summed E-state index contributed by atoms with van der Waals surface area (Å²) in [5, 5.41) is 3.28. The summed E-state index contributed by atoms with van der Waals surface area (Å²) in [5.74, 6) is 0.565. The van der Waals surface area contributed by atoms with Crippen LogP contribution >= 0.6 is 46.4 Å². The van der Waals surface area contributed by atoms with Crippen LogP contribution in [0.15, 0.2) is 24.3 Å². The van der Waals surface area contributed by atoms with Gasteiger partial charge in [0.05, 0.1) is 25.7 Å². The number of hydrogen-bond donors (Lipinski definition) is 1. The molecule has 4 aliphatic heterocycles. The lowest BCUT2D eigenvalue weighted by Crippen LogP contribution is -2.41. The molecule has 3 aromatic rings. The third kappa shape index (κ3) is 5.33. The molecule has 4 heterocycles. The molecule has 1 N–H and O–H groups in total. The second kappa shape index (κ2) is 11.9. The number of rotatable bonds is 5. The monoisotopic (exact) mass is 715 g/mol. The Hall–Kier alpha value is -2.84. The topological polar surface area (TPSA) is 71.1 Å². The fourth-order valence-electron chi connectivity index (χ4n) is 7.61. The number of hydrogen-bond acceptors (Lipinski definition) is 6. The van der Waals surface area contributed by atoms with Crippen LogP contribution in [0.5, 0.6) is 11.5 Å². The van der Waals surface area contributed by atoms with Gasteiger partial charge in [0.25, 0.3) is 0 Å². The van der Waals surface area contributed by atoms with Crippen molar-refractivity contribution < 1.29 is 19.1 Å². The number of ether oxygens (including phenoxy) is 2. The van der Waals surface area contributed by atoms with E-state index in [0.29, 0.717) is 41.0 Å². The number of esters is 1. The summed E-state index contributed by atoms with van der Waals surface area (Å²) >= 11 is 26.9. The van der Waals surface area contributed by atoms with Crippen molar-refractivity contribution in [1.82, 2.24) is 5.32 Å². The number of nitrogens with zero attached hydrogens (tertiary/aromatic N) is 2. The highest BCUT2D eigenvalue weighted by molar-refractivity contribution is 6.53. The minimum atomic E-state index is -1.45. The molecular formula is C36H37Cl4N3O4. The second-order valence-electron chi connectivity index (χ2n) is 13.8. The Kier molecular flexibility index (Phi) is 8.31. The smallest absolute Gasteiger partial charge is 0.341 e. The molecule has 1 amide bonds. The van der Waals surface area contributed by atoms with E-state index in [0.717, 1.165) is 74.4 Å². The quantitative estimate of drug-likeness (QED) is 0.161. The van der Waals surface area contributed by atoms with E-state index >= 15 is 0 Å². The minimum Gasteiger partial charge on any atom is -0.456 e. The van der Waals surface area contributed by atoms with Crippen molar-refractivity contribution in [3.05, 3.63) is 77.7 Å². The second-order valence-corrected chi connectivity index (χ2v) is 15.3. The Balaban J connectivity index is 1.38. The number of nitrogens with one attached hydrogen (secondary N) is 1. The number of anilines is 2. The molecule has 0 aliphatic carbocycles. The number of amides is 1. The Morgan fingerprint density at radius 3 is 2.04 bits per heavy atom. The van der Waals surface area contributed by atoms with Crippen molar-refractivity contribution >= 4 is 69.7 Å². The van der Waals surface area contributed by atoms with E-state index < -0.39 is 11.6 Å². The molecule has 11 heteroatoms. The first-order valence-electron chi connectivity index (χ1n) is 16.3. The number of halogens is 4. The molecule has 0 saturated carbocycles. The molecule has 4 aliphatic rings. The summed E-state index contributed by atoms with van der Waals surface area (Å²) in [6.07, 6.45) is 4.81. The van der Waals surface area contributed by atoms with Gasteiger partial charge >= 0.3 is 5.97 Å². The summed E-state index contributed by atoms with van der Waals surface area (Å²) in [4.78, 5) is 31.0. The Morgan fingerprint density at radius 1 is 0.872 bits per heavy atom.